The standard InChI is InChI=1S/C8H16N2O6/c1-5(13)7(15)9-10(2-3-11)8(16)6(14)4-12/h5-6,11-14H,2-4H2,1H3,(H,9,15). The molecule has 2 atom stereocenters. The number of rotatable bonds is 5. The van der Waals surface area contributed by atoms with Crippen LogP contribution in [-0.2, 0) is 9.59 Å². The van der Waals surface area contributed by atoms with Gasteiger partial charge in [-0.05, 0) is 6.92 Å². The van der Waals surface area contributed by atoms with Crippen molar-refractivity contribution >= 4 is 11.8 Å². The van der Waals surface area contributed by atoms with Gasteiger partial charge in [-0.2, -0.15) is 0 Å². The zero-order chi connectivity index (χ0) is 12.7. The first kappa shape index (κ1) is 14.8. The highest BCUT2D eigenvalue weighted by atomic mass is 16.3. The van der Waals surface area contributed by atoms with E-state index in [1.165, 1.54) is 6.92 Å². The number of hydrazine groups is 1. The maximum atomic E-state index is 11.3. The Morgan fingerprint density at radius 3 is 2.25 bits per heavy atom. The zero-order valence-corrected chi connectivity index (χ0v) is 8.83. The molecule has 0 rings (SSSR count). The average Bonchev–Trinajstić information content (AvgIpc) is 2.26. The summed E-state index contributed by atoms with van der Waals surface area (Å²) in [6, 6.07) is 0. The molecule has 0 aliphatic rings. The second-order valence-corrected chi connectivity index (χ2v) is 3.06. The van der Waals surface area contributed by atoms with Crippen LogP contribution in [0, 0.1) is 0 Å². The van der Waals surface area contributed by atoms with Crippen LogP contribution in [0.3, 0.4) is 0 Å². The number of nitrogens with one attached hydrogen (secondary N) is 1. The van der Waals surface area contributed by atoms with Gasteiger partial charge in [0.05, 0.1) is 19.8 Å². The lowest BCUT2D eigenvalue weighted by atomic mass is 10.3. The predicted octanol–water partition coefficient (Wildman–Crippen LogP) is -3.43. The molecule has 94 valence electrons. The smallest absolute Gasteiger partial charge is 0.272 e. The molecule has 0 aliphatic carbocycles. The van der Waals surface area contributed by atoms with E-state index in [4.69, 9.17) is 20.4 Å². The van der Waals surface area contributed by atoms with Gasteiger partial charge in [-0.1, -0.05) is 0 Å². The van der Waals surface area contributed by atoms with E-state index in [9.17, 15) is 9.59 Å². The molecule has 0 saturated heterocycles. The zero-order valence-electron chi connectivity index (χ0n) is 8.83. The van der Waals surface area contributed by atoms with Gasteiger partial charge in [-0.3, -0.25) is 15.0 Å². The third-order valence-electron chi connectivity index (χ3n) is 1.67. The van der Waals surface area contributed by atoms with Gasteiger partial charge in [0.1, 0.15) is 6.10 Å². The third kappa shape index (κ3) is 4.53. The fourth-order valence-corrected chi connectivity index (χ4v) is 0.806. The quantitative estimate of drug-likeness (QED) is 0.316. The average molecular weight is 236 g/mol. The van der Waals surface area contributed by atoms with Gasteiger partial charge in [0.2, 0.25) is 0 Å². The van der Waals surface area contributed by atoms with E-state index in [2.05, 4.69) is 0 Å². The van der Waals surface area contributed by atoms with Crippen molar-refractivity contribution in [3.8, 4) is 0 Å². The Labute approximate surface area is 92.1 Å². The van der Waals surface area contributed by atoms with Crippen LogP contribution in [0.1, 0.15) is 6.92 Å². The van der Waals surface area contributed by atoms with Crippen molar-refractivity contribution in [3.05, 3.63) is 0 Å². The number of aliphatic hydroxyl groups is 4. The van der Waals surface area contributed by atoms with Crippen molar-refractivity contribution in [2.45, 2.75) is 19.1 Å². The first-order valence-electron chi connectivity index (χ1n) is 4.63. The van der Waals surface area contributed by atoms with Crippen molar-refractivity contribution in [2.75, 3.05) is 19.8 Å². The van der Waals surface area contributed by atoms with Crippen LogP contribution in [-0.4, -0.2) is 69.2 Å². The van der Waals surface area contributed by atoms with Gasteiger partial charge in [-0.25, -0.2) is 5.01 Å². The summed E-state index contributed by atoms with van der Waals surface area (Å²) in [5, 5.41) is 35.7. The van der Waals surface area contributed by atoms with E-state index in [0.717, 1.165) is 0 Å². The minimum absolute atomic E-state index is 0.256. The summed E-state index contributed by atoms with van der Waals surface area (Å²) in [4.78, 5) is 22.4. The Morgan fingerprint density at radius 1 is 1.31 bits per heavy atom. The van der Waals surface area contributed by atoms with Crippen LogP contribution in [0.25, 0.3) is 0 Å². The Balaban J connectivity index is 4.48. The number of hydrogen-bond donors (Lipinski definition) is 5. The molecule has 0 aliphatic heterocycles. The Hall–Kier alpha value is -1.22. The van der Waals surface area contributed by atoms with Gasteiger partial charge < -0.3 is 20.4 Å². The van der Waals surface area contributed by atoms with Gasteiger partial charge in [0, 0.05) is 0 Å². The Morgan fingerprint density at radius 2 is 1.88 bits per heavy atom. The number of nitrogens with zero attached hydrogens (tertiary/aromatic N) is 1. The molecule has 8 nitrogen and oxygen atoms in total. The molecule has 0 aromatic heterocycles. The second kappa shape index (κ2) is 7.12. The molecule has 0 aromatic carbocycles. The second-order valence-electron chi connectivity index (χ2n) is 3.06. The minimum Gasteiger partial charge on any atom is -0.394 e. The molecule has 0 aromatic rings. The molecular formula is C8H16N2O6. The molecule has 0 radical (unpaired) electrons. The number of carbonyl (C=O) groups excluding carboxylic acids is 2. The van der Waals surface area contributed by atoms with Crippen LogP contribution in [0.5, 0.6) is 0 Å². The molecule has 0 saturated carbocycles. The fourth-order valence-electron chi connectivity index (χ4n) is 0.806. The van der Waals surface area contributed by atoms with Crippen molar-refractivity contribution in [1.29, 1.82) is 0 Å². The van der Waals surface area contributed by atoms with E-state index in [1.54, 1.807) is 0 Å². The molecule has 0 fully saturated rings. The SMILES string of the molecule is CC(O)C(=O)NN(CCO)C(=O)C(O)CO. The van der Waals surface area contributed by atoms with E-state index in [0.29, 0.717) is 5.01 Å². The van der Waals surface area contributed by atoms with Gasteiger partial charge in [-0.15, -0.1) is 0 Å². The Kier molecular flexibility index (Phi) is 6.58. The summed E-state index contributed by atoms with van der Waals surface area (Å²) in [5.41, 5.74) is 2.00. The van der Waals surface area contributed by atoms with Crippen LogP contribution in [0.15, 0.2) is 0 Å². The molecule has 0 heterocycles. The number of amides is 2. The van der Waals surface area contributed by atoms with Crippen molar-refractivity contribution < 1.29 is 30.0 Å². The monoisotopic (exact) mass is 236 g/mol. The van der Waals surface area contributed by atoms with E-state index >= 15 is 0 Å². The highest BCUT2D eigenvalue weighted by Gasteiger charge is 2.23. The molecule has 5 N–H and O–H groups in total. The van der Waals surface area contributed by atoms with Crippen LogP contribution < -0.4 is 5.43 Å². The first-order valence-corrected chi connectivity index (χ1v) is 4.63. The van der Waals surface area contributed by atoms with E-state index < -0.39 is 37.2 Å². The summed E-state index contributed by atoms with van der Waals surface area (Å²) in [7, 11) is 0. The number of carbonyl (C=O) groups is 2. The lowest BCUT2D eigenvalue weighted by Crippen LogP contribution is -2.54. The molecule has 16 heavy (non-hydrogen) atoms. The molecule has 8 heteroatoms. The summed E-state index contributed by atoms with van der Waals surface area (Å²) >= 11 is 0. The van der Waals surface area contributed by atoms with E-state index in [-0.39, 0.29) is 6.54 Å². The normalized spacial score (nSPS) is 14.1. The van der Waals surface area contributed by atoms with Crippen LogP contribution in [0.2, 0.25) is 0 Å². The van der Waals surface area contributed by atoms with Crippen molar-refractivity contribution in [3.63, 3.8) is 0 Å². The molecule has 2 unspecified atom stereocenters. The maximum absolute atomic E-state index is 11.3. The largest absolute Gasteiger partial charge is 0.394 e. The number of hydrogen-bond acceptors (Lipinski definition) is 6. The molecular weight excluding hydrogens is 220 g/mol. The summed E-state index contributed by atoms with van der Waals surface area (Å²) in [6.07, 6.45) is -3.01. The highest BCUT2D eigenvalue weighted by molar-refractivity contribution is 5.86. The predicted molar refractivity (Wildman–Crippen MR) is 51.7 cm³/mol. The van der Waals surface area contributed by atoms with Crippen molar-refractivity contribution in [1.82, 2.24) is 10.4 Å². The molecule has 2 amide bonds. The van der Waals surface area contributed by atoms with Crippen LogP contribution >= 0.6 is 0 Å². The summed E-state index contributed by atoms with van der Waals surface area (Å²) in [5.74, 6) is -1.82. The fraction of sp³-hybridized carbons (Fsp3) is 0.750. The topological polar surface area (TPSA) is 130 Å². The first-order chi connectivity index (χ1) is 7.43. The number of aliphatic hydroxyl groups excluding tert-OH is 4. The lowest BCUT2D eigenvalue weighted by molar-refractivity contribution is -0.152. The van der Waals surface area contributed by atoms with Gasteiger partial charge >= 0.3 is 0 Å². The van der Waals surface area contributed by atoms with E-state index in [1.807, 2.05) is 5.43 Å². The van der Waals surface area contributed by atoms with Gasteiger partial charge in [0.15, 0.2) is 6.10 Å². The Bertz CT molecular complexity index is 245. The minimum atomic E-state index is -1.68. The van der Waals surface area contributed by atoms with Gasteiger partial charge in [0.25, 0.3) is 11.8 Å². The molecule has 0 bridgehead atoms. The van der Waals surface area contributed by atoms with Crippen molar-refractivity contribution in [2.24, 2.45) is 0 Å². The highest BCUT2D eigenvalue weighted by Crippen LogP contribution is 1.93. The maximum Gasteiger partial charge on any atom is 0.272 e. The molecule has 0 spiro atoms. The van der Waals surface area contributed by atoms with Crippen LogP contribution in [0.4, 0.5) is 0 Å². The third-order valence-corrected chi connectivity index (χ3v) is 1.67. The summed E-state index contributed by atoms with van der Waals surface area (Å²) < 4.78 is 0. The lowest BCUT2D eigenvalue weighted by Gasteiger charge is -2.24. The summed E-state index contributed by atoms with van der Waals surface area (Å²) in [6.45, 7) is -0.303.